The molecular formula is C12H15ClN3O6P2+. The Kier molecular flexibility index (Phi) is 9.15. The van der Waals surface area contributed by atoms with Crippen LogP contribution in [0.4, 0.5) is 5.95 Å². The Morgan fingerprint density at radius 3 is 2.83 bits per heavy atom. The molecule has 0 aliphatic heterocycles. The maximum atomic E-state index is 11.6. The molecule has 0 spiro atoms. The summed E-state index contributed by atoms with van der Waals surface area (Å²) in [6.07, 6.45) is 1.74. The Bertz CT molecular complexity index is 623. The summed E-state index contributed by atoms with van der Waals surface area (Å²) >= 11 is 5.74. The molecule has 0 saturated heterocycles. The summed E-state index contributed by atoms with van der Waals surface area (Å²) in [5.74, 6) is -0.360. The van der Waals surface area contributed by atoms with E-state index in [1.165, 1.54) is 13.0 Å². The molecule has 2 unspecified atom stereocenters. The van der Waals surface area contributed by atoms with Crippen molar-refractivity contribution in [3.05, 3.63) is 22.9 Å². The maximum Gasteiger partial charge on any atom is 0.399 e. The smallest absolute Gasteiger partial charge is 0.399 e. The van der Waals surface area contributed by atoms with Gasteiger partial charge in [-0.1, -0.05) is 16.2 Å². The van der Waals surface area contributed by atoms with Gasteiger partial charge >= 0.3 is 22.0 Å². The fraction of sp³-hybridized carbons (Fsp3) is 0.333. The highest BCUT2D eigenvalue weighted by Crippen LogP contribution is 2.44. The molecule has 0 amide bonds. The van der Waals surface area contributed by atoms with Crippen molar-refractivity contribution in [2.75, 3.05) is 25.1 Å². The molecule has 1 rings (SSSR count). The van der Waals surface area contributed by atoms with E-state index in [-0.39, 0.29) is 42.8 Å². The van der Waals surface area contributed by atoms with Crippen LogP contribution in [0.15, 0.2) is 17.7 Å². The molecule has 24 heavy (non-hydrogen) atoms. The molecule has 0 aromatic carbocycles. The number of aromatic nitrogens is 2. The normalized spacial score (nSPS) is 12.1. The SMILES string of the molecule is CC(=O)OC/C(=C\C[P+](=O)POC=O)COc1cc(Cl)nc(N)n1. The van der Waals surface area contributed by atoms with E-state index < -0.39 is 22.0 Å². The summed E-state index contributed by atoms with van der Waals surface area (Å²) in [4.78, 5) is 28.5. The Hall–Kier alpha value is -1.82. The van der Waals surface area contributed by atoms with E-state index >= 15 is 0 Å². The number of allylic oxidation sites excluding steroid dienone is 1. The predicted octanol–water partition coefficient (Wildman–Crippen LogP) is 2.09. The Morgan fingerprint density at radius 1 is 1.46 bits per heavy atom. The number of ether oxygens (including phenoxy) is 2. The molecule has 0 radical (unpaired) electrons. The van der Waals surface area contributed by atoms with Crippen LogP contribution in [-0.4, -0.2) is 41.8 Å². The number of esters is 1. The zero-order valence-electron chi connectivity index (χ0n) is 12.6. The van der Waals surface area contributed by atoms with Crippen LogP contribution in [0.5, 0.6) is 5.88 Å². The van der Waals surface area contributed by atoms with E-state index in [2.05, 4.69) is 14.5 Å². The summed E-state index contributed by atoms with van der Waals surface area (Å²) in [5, 5.41) is 0.123. The van der Waals surface area contributed by atoms with Gasteiger partial charge in [0.05, 0.1) is 0 Å². The van der Waals surface area contributed by atoms with Gasteiger partial charge in [0, 0.05) is 18.6 Å². The van der Waals surface area contributed by atoms with Crippen LogP contribution < -0.4 is 10.5 Å². The van der Waals surface area contributed by atoms with Gasteiger partial charge in [-0.05, 0) is 6.08 Å². The minimum atomic E-state index is -1.74. The number of carbonyl (C=O) groups is 2. The third-order valence-electron chi connectivity index (χ3n) is 2.30. The number of hydrogen-bond donors (Lipinski definition) is 1. The second-order valence-corrected chi connectivity index (χ2v) is 8.16. The minimum absolute atomic E-state index is 0.0148. The van der Waals surface area contributed by atoms with E-state index in [0.717, 1.165) is 0 Å². The number of halogens is 1. The number of nitrogens with zero attached hydrogens (tertiary/aromatic N) is 2. The molecule has 0 aliphatic rings. The van der Waals surface area contributed by atoms with Crippen LogP contribution in [0.2, 0.25) is 5.15 Å². The molecule has 2 N–H and O–H groups in total. The van der Waals surface area contributed by atoms with E-state index in [9.17, 15) is 14.2 Å². The van der Waals surface area contributed by atoms with E-state index in [1.807, 2.05) is 0 Å². The monoisotopic (exact) mass is 394 g/mol. The highest BCUT2D eigenvalue weighted by Gasteiger charge is 2.16. The summed E-state index contributed by atoms with van der Waals surface area (Å²) in [6.45, 7) is 1.48. The van der Waals surface area contributed by atoms with Crippen molar-refractivity contribution in [2.45, 2.75) is 6.92 Å². The highest BCUT2D eigenvalue weighted by atomic mass is 35.5. The molecule has 1 heterocycles. The van der Waals surface area contributed by atoms with Gasteiger partial charge in [0.25, 0.3) is 6.47 Å². The molecule has 2 atom stereocenters. The third-order valence-corrected chi connectivity index (χ3v) is 4.89. The van der Waals surface area contributed by atoms with Crippen LogP contribution in [0.1, 0.15) is 6.92 Å². The Balaban J connectivity index is 2.68. The second-order valence-electron chi connectivity index (χ2n) is 4.18. The standard InChI is InChI=1S/C12H15ClN3O6P2/c1-8(18)20-5-9(2-3-24(19)23-22-7-17)6-21-11-4-10(13)15-12(14)16-11/h2,4,7,23H,3,5-6H2,1H3,(H2,14,15,16)/q+1/b9-2+. The second kappa shape index (κ2) is 10.9. The fourth-order valence-corrected chi connectivity index (χ4v) is 3.16. The Morgan fingerprint density at radius 2 is 2.21 bits per heavy atom. The van der Waals surface area contributed by atoms with Crippen molar-refractivity contribution >= 4 is 46.0 Å². The first-order valence-electron chi connectivity index (χ1n) is 6.44. The molecule has 1 aromatic rings. The summed E-state index contributed by atoms with van der Waals surface area (Å²) in [5.41, 5.74) is 6.01. The van der Waals surface area contributed by atoms with Gasteiger partial charge in [-0.2, -0.15) is 4.98 Å². The molecule has 1 aromatic heterocycles. The zero-order chi connectivity index (χ0) is 17.9. The quantitative estimate of drug-likeness (QED) is 0.208. The lowest BCUT2D eigenvalue weighted by molar-refractivity contribution is -0.140. The van der Waals surface area contributed by atoms with Crippen LogP contribution in [0.3, 0.4) is 0 Å². The maximum absolute atomic E-state index is 11.6. The zero-order valence-corrected chi connectivity index (χ0v) is 15.3. The molecule has 0 bridgehead atoms. The summed E-state index contributed by atoms with van der Waals surface area (Å²) in [7, 11) is -2.17. The lowest BCUT2D eigenvalue weighted by Gasteiger charge is -2.09. The number of anilines is 1. The fourth-order valence-electron chi connectivity index (χ4n) is 1.34. The van der Waals surface area contributed by atoms with Crippen molar-refractivity contribution < 1.29 is 28.2 Å². The highest BCUT2D eigenvalue weighted by molar-refractivity contribution is 8.13. The van der Waals surface area contributed by atoms with Crippen LogP contribution in [0.25, 0.3) is 0 Å². The molecule has 0 aliphatic carbocycles. The molecule has 0 fully saturated rings. The van der Waals surface area contributed by atoms with Crippen molar-refractivity contribution in [2.24, 2.45) is 0 Å². The topological polar surface area (TPSA) is 131 Å². The van der Waals surface area contributed by atoms with Gasteiger partial charge in [0.15, 0.2) is 6.16 Å². The molecule has 130 valence electrons. The van der Waals surface area contributed by atoms with Gasteiger partial charge in [-0.15, -0.1) is 0 Å². The number of rotatable bonds is 10. The molecule has 12 heteroatoms. The van der Waals surface area contributed by atoms with Crippen LogP contribution in [-0.2, 0) is 23.4 Å². The van der Waals surface area contributed by atoms with Crippen molar-refractivity contribution in [3.63, 3.8) is 0 Å². The van der Waals surface area contributed by atoms with Crippen molar-refractivity contribution in [1.82, 2.24) is 9.97 Å². The third kappa shape index (κ3) is 8.72. The largest absolute Gasteiger partial charge is 0.473 e. The minimum Gasteiger partial charge on any atom is -0.473 e. The van der Waals surface area contributed by atoms with Crippen molar-refractivity contribution in [3.8, 4) is 5.88 Å². The first-order valence-corrected chi connectivity index (χ1v) is 10.0. The van der Waals surface area contributed by atoms with Gasteiger partial charge in [-0.3, -0.25) is 9.59 Å². The average molecular weight is 395 g/mol. The van der Waals surface area contributed by atoms with E-state index in [1.54, 1.807) is 6.08 Å². The van der Waals surface area contributed by atoms with Gasteiger partial charge in [0.2, 0.25) is 11.8 Å². The lowest BCUT2D eigenvalue weighted by Crippen LogP contribution is -2.11. The Labute approximate surface area is 145 Å². The van der Waals surface area contributed by atoms with E-state index in [0.29, 0.717) is 5.57 Å². The van der Waals surface area contributed by atoms with Crippen molar-refractivity contribution in [1.29, 1.82) is 0 Å². The summed E-state index contributed by atoms with van der Waals surface area (Å²) < 4.78 is 26.4. The number of nitrogen functional groups attached to an aromatic ring is 1. The van der Waals surface area contributed by atoms with Gasteiger partial charge in [0.1, 0.15) is 18.4 Å². The van der Waals surface area contributed by atoms with Crippen LogP contribution in [0, 0.1) is 0 Å². The number of nitrogens with two attached hydrogens (primary N) is 1. The first-order chi connectivity index (χ1) is 11.4. The molecular weight excluding hydrogens is 380 g/mol. The first kappa shape index (κ1) is 20.2. The molecule has 0 saturated carbocycles. The van der Waals surface area contributed by atoms with Gasteiger partial charge in [-0.25, -0.2) is 4.98 Å². The number of carbonyl (C=O) groups excluding carboxylic acids is 2. The van der Waals surface area contributed by atoms with E-state index in [4.69, 9.17) is 26.8 Å². The van der Waals surface area contributed by atoms with Crippen LogP contribution >= 0.6 is 27.6 Å². The molecule has 9 nitrogen and oxygen atoms in total. The predicted molar refractivity (Wildman–Crippen MR) is 89.6 cm³/mol. The lowest BCUT2D eigenvalue weighted by atomic mass is 10.3. The average Bonchev–Trinajstić information content (AvgIpc) is 2.51. The summed E-state index contributed by atoms with van der Waals surface area (Å²) in [6, 6.07) is 1.38. The van der Waals surface area contributed by atoms with Gasteiger partial charge < -0.3 is 19.7 Å². The number of hydrogen-bond acceptors (Lipinski definition) is 9.